The molecule has 1 aliphatic rings. The van der Waals surface area contributed by atoms with Gasteiger partial charge in [0.15, 0.2) is 0 Å². The van der Waals surface area contributed by atoms with Crippen LogP contribution in [0, 0.1) is 10.1 Å². The second-order valence-electron chi connectivity index (χ2n) is 4.30. The lowest BCUT2D eigenvalue weighted by Gasteiger charge is -2.24. The van der Waals surface area contributed by atoms with Crippen LogP contribution in [0.3, 0.4) is 0 Å². The Morgan fingerprint density at radius 2 is 2.33 bits per heavy atom. The lowest BCUT2D eigenvalue weighted by molar-refractivity contribution is -0.384. The van der Waals surface area contributed by atoms with Crippen molar-refractivity contribution in [2.45, 2.75) is 18.9 Å². The highest BCUT2D eigenvalue weighted by Crippen LogP contribution is 2.33. The van der Waals surface area contributed by atoms with Gasteiger partial charge >= 0.3 is 0 Å². The van der Waals surface area contributed by atoms with Gasteiger partial charge in [0.05, 0.1) is 17.6 Å². The van der Waals surface area contributed by atoms with Crippen molar-refractivity contribution >= 4 is 17.7 Å². The van der Waals surface area contributed by atoms with Gasteiger partial charge in [0, 0.05) is 18.2 Å². The summed E-state index contributed by atoms with van der Waals surface area (Å²) in [6, 6.07) is 4.33. The van der Waals surface area contributed by atoms with Crippen LogP contribution in [0.2, 0.25) is 0 Å². The zero-order chi connectivity index (χ0) is 13.1. The summed E-state index contributed by atoms with van der Waals surface area (Å²) in [5.41, 5.74) is 0.673. The van der Waals surface area contributed by atoms with E-state index in [0.717, 1.165) is 12.8 Å². The van der Waals surface area contributed by atoms with Gasteiger partial charge in [-0.2, -0.15) is 0 Å². The molecule has 2 rings (SSSR count). The van der Waals surface area contributed by atoms with Gasteiger partial charge in [-0.25, -0.2) is 0 Å². The van der Waals surface area contributed by atoms with Gasteiger partial charge in [-0.1, -0.05) is 0 Å². The topological polar surface area (TPSA) is 83.7 Å². The summed E-state index contributed by atoms with van der Waals surface area (Å²) in [4.78, 5) is 23.0. The Labute approximate surface area is 104 Å². The number of nitro benzene ring substituents is 1. The van der Waals surface area contributed by atoms with Gasteiger partial charge in [0.25, 0.3) is 5.69 Å². The number of aliphatic hydroxyl groups excluding tert-OH is 1. The average molecular weight is 250 g/mol. The maximum absolute atomic E-state index is 11.0. The minimum Gasteiger partial charge on any atom is -0.394 e. The van der Waals surface area contributed by atoms with Crippen molar-refractivity contribution in [1.29, 1.82) is 0 Å². The smallest absolute Gasteiger partial charge is 0.293 e. The first-order chi connectivity index (χ1) is 8.67. The lowest BCUT2D eigenvalue weighted by Crippen LogP contribution is -2.32. The van der Waals surface area contributed by atoms with Crippen molar-refractivity contribution in [2.75, 3.05) is 18.1 Å². The zero-order valence-corrected chi connectivity index (χ0v) is 9.78. The molecule has 1 N–H and O–H groups in total. The maximum atomic E-state index is 11.0. The molecule has 0 amide bonds. The SMILES string of the molecule is O=Cc1ccc(N2CCCC2CO)c([N+](=O)[O-])c1. The Bertz CT molecular complexity index is 475. The van der Waals surface area contributed by atoms with E-state index in [9.17, 15) is 20.0 Å². The molecule has 1 aromatic rings. The molecule has 0 saturated carbocycles. The predicted molar refractivity (Wildman–Crippen MR) is 65.9 cm³/mol. The van der Waals surface area contributed by atoms with Gasteiger partial charge < -0.3 is 10.0 Å². The first-order valence-corrected chi connectivity index (χ1v) is 5.78. The van der Waals surface area contributed by atoms with E-state index in [1.807, 2.05) is 4.90 Å². The number of anilines is 1. The van der Waals surface area contributed by atoms with E-state index in [4.69, 9.17) is 0 Å². The number of hydrogen-bond acceptors (Lipinski definition) is 5. The van der Waals surface area contributed by atoms with Crippen LogP contribution in [0.5, 0.6) is 0 Å². The van der Waals surface area contributed by atoms with Crippen LogP contribution in [0.1, 0.15) is 23.2 Å². The van der Waals surface area contributed by atoms with Crippen molar-refractivity contribution < 1.29 is 14.8 Å². The van der Waals surface area contributed by atoms with Gasteiger partial charge in [-0.3, -0.25) is 14.9 Å². The minimum absolute atomic E-state index is 0.0212. The standard InChI is InChI=1S/C12H14N2O4/c15-7-9-3-4-11(12(6-9)14(17)18)13-5-1-2-10(13)8-16/h3-4,6-7,10,16H,1-2,5,8H2. The third-order valence-electron chi connectivity index (χ3n) is 3.23. The molecule has 6 heteroatoms. The molecule has 96 valence electrons. The third-order valence-corrected chi connectivity index (χ3v) is 3.23. The van der Waals surface area contributed by atoms with Crippen molar-refractivity contribution in [3.63, 3.8) is 0 Å². The van der Waals surface area contributed by atoms with Crippen LogP contribution in [-0.2, 0) is 0 Å². The first-order valence-electron chi connectivity index (χ1n) is 5.78. The van der Waals surface area contributed by atoms with E-state index < -0.39 is 4.92 Å². The molecule has 0 spiro atoms. The Kier molecular flexibility index (Phi) is 3.57. The number of aldehydes is 1. The minimum atomic E-state index is -0.491. The highest BCUT2D eigenvalue weighted by Gasteiger charge is 2.29. The monoisotopic (exact) mass is 250 g/mol. The third kappa shape index (κ3) is 2.19. The second kappa shape index (κ2) is 5.14. The van der Waals surface area contributed by atoms with Crippen molar-refractivity contribution in [3.8, 4) is 0 Å². The van der Waals surface area contributed by atoms with Gasteiger partial charge in [-0.15, -0.1) is 0 Å². The number of aliphatic hydroxyl groups is 1. The molecule has 0 radical (unpaired) electrons. The summed E-state index contributed by atoms with van der Waals surface area (Å²) in [5.74, 6) is 0. The average Bonchev–Trinajstić information content (AvgIpc) is 2.86. The molecule has 1 fully saturated rings. The fourth-order valence-corrected chi connectivity index (χ4v) is 2.35. The predicted octanol–water partition coefficient (Wildman–Crippen LogP) is 1.37. The molecule has 1 saturated heterocycles. The Morgan fingerprint density at radius 3 is 2.94 bits per heavy atom. The van der Waals surface area contributed by atoms with Crippen molar-refractivity contribution in [3.05, 3.63) is 33.9 Å². The Morgan fingerprint density at radius 1 is 1.56 bits per heavy atom. The van der Waals surface area contributed by atoms with Crippen LogP contribution in [-0.4, -0.2) is 35.5 Å². The number of benzene rings is 1. The Balaban J connectivity index is 2.43. The molecular weight excluding hydrogens is 236 g/mol. The maximum Gasteiger partial charge on any atom is 0.293 e. The molecule has 1 heterocycles. The fourth-order valence-electron chi connectivity index (χ4n) is 2.35. The van der Waals surface area contributed by atoms with Crippen LogP contribution >= 0.6 is 0 Å². The molecule has 0 bridgehead atoms. The fraction of sp³-hybridized carbons (Fsp3) is 0.417. The number of nitrogens with zero attached hydrogens (tertiary/aromatic N) is 2. The molecule has 18 heavy (non-hydrogen) atoms. The van der Waals surface area contributed by atoms with E-state index in [1.165, 1.54) is 6.07 Å². The van der Waals surface area contributed by atoms with Crippen molar-refractivity contribution in [1.82, 2.24) is 0 Å². The van der Waals surface area contributed by atoms with E-state index >= 15 is 0 Å². The molecule has 1 atom stereocenters. The van der Waals surface area contributed by atoms with Gasteiger partial charge in [0.1, 0.15) is 12.0 Å². The van der Waals surface area contributed by atoms with Crippen molar-refractivity contribution in [2.24, 2.45) is 0 Å². The summed E-state index contributed by atoms with van der Waals surface area (Å²) >= 11 is 0. The largest absolute Gasteiger partial charge is 0.394 e. The number of carbonyl (C=O) groups excluding carboxylic acids is 1. The van der Waals surface area contributed by atoms with Crippen LogP contribution in [0.4, 0.5) is 11.4 Å². The Hall–Kier alpha value is -1.95. The second-order valence-corrected chi connectivity index (χ2v) is 4.30. The van der Waals surface area contributed by atoms with Crippen LogP contribution < -0.4 is 4.90 Å². The molecule has 1 unspecified atom stereocenters. The summed E-state index contributed by atoms with van der Waals surface area (Å²) in [6.07, 6.45) is 2.31. The first kappa shape index (κ1) is 12.5. The van der Waals surface area contributed by atoms with Crippen LogP contribution in [0.15, 0.2) is 18.2 Å². The molecule has 0 aliphatic carbocycles. The molecule has 1 aliphatic heterocycles. The summed E-state index contributed by atoms with van der Waals surface area (Å²) in [6.45, 7) is 0.666. The highest BCUT2D eigenvalue weighted by molar-refractivity contribution is 5.79. The molecule has 0 aromatic heterocycles. The summed E-state index contributed by atoms with van der Waals surface area (Å²) in [7, 11) is 0. The summed E-state index contributed by atoms with van der Waals surface area (Å²) in [5, 5.41) is 20.3. The number of carbonyl (C=O) groups is 1. The highest BCUT2D eigenvalue weighted by atomic mass is 16.6. The molecular formula is C12H14N2O4. The van der Waals surface area contributed by atoms with E-state index in [2.05, 4.69) is 0 Å². The van der Waals surface area contributed by atoms with E-state index in [0.29, 0.717) is 18.5 Å². The number of hydrogen-bond donors (Lipinski definition) is 1. The number of rotatable bonds is 4. The van der Waals surface area contributed by atoms with E-state index in [1.54, 1.807) is 12.1 Å². The summed E-state index contributed by atoms with van der Waals surface area (Å²) < 4.78 is 0. The van der Waals surface area contributed by atoms with Gasteiger partial charge in [0.2, 0.25) is 0 Å². The molecule has 1 aromatic carbocycles. The number of nitro groups is 1. The van der Waals surface area contributed by atoms with Crippen LogP contribution in [0.25, 0.3) is 0 Å². The molecule has 6 nitrogen and oxygen atoms in total. The van der Waals surface area contributed by atoms with Gasteiger partial charge in [-0.05, 0) is 25.0 Å². The van der Waals surface area contributed by atoms with E-state index in [-0.39, 0.29) is 23.9 Å². The quantitative estimate of drug-likeness (QED) is 0.495. The lowest BCUT2D eigenvalue weighted by atomic mass is 10.1. The zero-order valence-electron chi connectivity index (χ0n) is 9.78. The normalized spacial score (nSPS) is 18.9.